The van der Waals surface area contributed by atoms with E-state index in [0.29, 0.717) is 12.1 Å². The van der Waals surface area contributed by atoms with Crippen molar-refractivity contribution >= 4 is 11.4 Å². The van der Waals surface area contributed by atoms with Crippen LogP contribution in [0.25, 0.3) is 0 Å². The third kappa shape index (κ3) is 3.08. The molecular formula is C14H22N4O2. The number of likely N-dealkylation sites (N-methyl/N-ethyl adjacent to an activating group) is 1. The van der Waals surface area contributed by atoms with Crippen LogP contribution in [0.4, 0.5) is 11.4 Å². The first-order valence-electron chi connectivity index (χ1n) is 6.85. The molecule has 1 heterocycles. The van der Waals surface area contributed by atoms with Crippen LogP contribution in [0.5, 0.6) is 0 Å². The predicted molar refractivity (Wildman–Crippen MR) is 79.5 cm³/mol. The Morgan fingerprint density at radius 3 is 2.45 bits per heavy atom. The highest BCUT2D eigenvalue weighted by Gasteiger charge is 2.26. The molecule has 0 aliphatic carbocycles. The largest absolute Gasteiger partial charge is 0.393 e. The van der Waals surface area contributed by atoms with Crippen LogP contribution in [0.15, 0.2) is 18.2 Å². The van der Waals surface area contributed by atoms with E-state index in [-0.39, 0.29) is 11.4 Å². The summed E-state index contributed by atoms with van der Waals surface area (Å²) in [5, 5.41) is 10.8. The van der Waals surface area contributed by atoms with Crippen LogP contribution < -0.4 is 5.73 Å². The van der Waals surface area contributed by atoms with Gasteiger partial charge in [0, 0.05) is 37.8 Å². The number of nitrogen functional groups attached to an aromatic ring is 1. The van der Waals surface area contributed by atoms with Gasteiger partial charge in [0.1, 0.15) is 5.69 Å². The van der Waals surface area contributed by atoms with E-state index in [0.717, 1.165) is 25.2 Å². The number of hydrogen-bond acceptors (Lipinski definition) is 5. The van der Waals surface area contributed by atoms with Crippen molar-refractivity contribution in [2.24, 2.45) is 0 Å². The fourth-order valence-corrected chi connectivity index (χ4v) is 2.77. The number of rotatable bonds is 3. The fraction of sp³-hybridized carbons (Fsp3) is 0.571. The summed E-state index contributed by atoms with van der Waals surface area (Å²) in [4.78, 5) is 15.1. The summed E-state index contributed by atoms with van der Waals surface area (Å²) in [6, 6.07) is 6.02. The van der Waals surface area contributed by atoms with Crippen LogP contribution in [0, 0.1) is 10.1 Å². The van der Waals surface area contributed by atoms with E-state index in [1.165, 1.54) is 6.07 Å². The number of hydrogen-bond donors (Lipinski definition) is 1. The van der Waals surface area contributed by atoms with Gasteiger partial charge in [-0.15, -0.1) is 0 Å². The van der Waals surface area contributed by atoms with Crippen LogP contribution in [0.3, 0.4) is 0 Å². The lowest BCUT2D eigenvalue weighted by Crippen LogP contribution is -2.54. The summed E-state index contributed by atoms with van der Waals surface area (Å²) in [6.07, 6.45) is 0. The molecule has 0 spiro atoms. The highest BCUT2D eigenvalue weighted by Crippen LogP contribution is 2.23. The first-order valence-corrected chi connectivity index (χ1v) is 6.85. The lowest BCUT2D eigenvalue weighted by Gasteiger charge is -2.42. The minimum atomic E-state index is -0.445. The molecule has 6 heteroatoms. The molecule has 1 aromatic carbocycles. The molecule has 6 nitrogen and oxygen atoms in total. The van der Waals surface area contributed by atoms with Crippen molar-refractivity contribution in [3.05, 3.63) is 33.9 Å². The zero-order valence-corrected chi connectivity index (χ0v) is 12.2. The molecule has 1 saturated heterocycles. The fourth-order valence-electron chi connectivity index (χ4n) is 2.77. The van der Waals surface area contributed by atoms with Crippen molar-refractivity contribution in [2.45, 2.75) is 32.5 Å². The quantitative estimate of drug-likeness (QED) is 0.517. The summed E-state index contributed by atoms with van der Waals surface area (Å²) in [5.41, 5.74) is 6.98. The Hall–Kier alpha value is -1.66. The highest BCUT2D eigenvalue weighted by atomic mass is 16.6. The lowest BCUT2D eigenvalue weighted by molar-refractivity contribution is -0.383. The molecule has 1 aliphatic heterocycles. The summed E-state index contributed by atoms with van der Waals surface area (Å²) in [7, 11) is 2.15. The number of nitrogens with zero attached hydrogens (tertiary/aromatic N) is 3. The molecule has 1 aliphatic rings. The van der Waals surface area contributed by atoms with Crippen molar-refractivity contribution in [1.29, 1.82) is 0 Å². The standard InChI is InChI=1S/C14H22N4O2/c1-10-7-17(8-11(2)16(10)3)9-12-4-5-14(18(19)20)13(15)6-12/h4-6,10-11H,7-9,15H2,1-3H3. The van der Waals surface area contributed by atoms with E-state index < -0.39 is 4.92 Å². The second-order valence-corrected chi connectivity index (χ2v) is 5.71. The van der Waals surface area contributed by atoms with Crippen molar-refractivity contribution in [1.82, 2.24) is 9.80 Å². The Labute approximate surface area is 119 Å². The maximum absolute atomic E-state index is 10.8. The summed E-state index contributed by atoms with van der Waals surface area (Å²) >= 11 is 0. The van der Waals surface area contributed by atoms with E-state index in [9.17, 15) is 10.1 Å². The maximum atomic E-state index is 10.8. The Bertz CT molecular complexity index is 494. The Kier molecular flexibility index (Phi) is 4.25. The molecule has 0 amide bonds. The molecule has 0 aromatic heterocycles. The lowest BCUT2D eigenvalue weighted by atomic mass is 10.1. The minimum Gasteiger partial charge on any atom is -0.393 e. The van der Waals surface area contributed by atoms with E-state index in [2.05, 4.69) is 30.7 Å². The number of nitro groups is 1. The van der Waals surface area contributed by atoms with Gasteiger partial charge < -0.3 is 5.73 Å². The molecular weight excluding hydrogens is 256 g/mol. The topological polar surface area (TPSA) is 75.6 Å². The Morgan fingerprint density at radius 1 is 1.35 bits per heavy atom. The molecule has 20 heavy (non-hydrogen) atoms. The van der Waals surface area contributed by atoms with Gasteiger partial charge in [0.15, 0.2) is 0 Å². The van der Waals surface area contributed by atoms with Gasteiger partial charge in [0.2, 0.25) is 0 Å². The van der Waals surface area contributed by atoms with Crippen molar-refractivity contribution in [3.63, 3.8) is 0 Å². The normalized spacial score (nSPS) is 24.8. The van der Waals surface area contributed by atoms with E-state index in [4.69, 9.17) is 5.73 Å². The van der Waals surface area contributed by atoms with Gasteiger partial charge in [-0.1, -0.05) is 6.07 Å². The van der Waals surface area contributed by atoms with Gasteiger partial charge >= 0.3 is 0 Å². The molecule has 1 aromatic rings. The number of anilines is 1. The number of benzene rings is 1. The van der Waals surface area contributed by atoms with Gasteiger partial charge in [-0.05, 0) is 32.5 Å². The van der Waals surface area contributed by atoms with Gasteiger partial charge in [-0.25, -0.2) is 0 Å². The van der Waals surface area contributed by atoms with Crippen LogP contribution in [-0.4, -0.2) is 46.9 Å². The van der Waals surface area contributed by atoms with E-state index in [1.807, 2.05) is 0 Å². The van der Waals surface area contributed by atoms with Gasteiger partial charge in [0.05, 0.1) is 4.92 Å². The average molecular weight is 278 g/mol. The number of nitrogens with two attached hydrogens (primary N) is 1. The van der Waals surface area contributed by atoms with E-state index >= 15 is 0 Å². The van der Waals surface area contributed by atoms with Crippen molar-refractivity contribution < 1.29 is 4.92 Å². The SMILES string of the molecule is CC1CN(Cc2ccc([N+](=O)[O-])c(N)c2)CC(C)N1C. The molecule has 0 radical (unpaired) electrons. The molecule has 2 N–H and O–H groups in total. The van der Waals surface area contributed by atoms with Crippen LogP contribution in [-0.2, 0) is 6.54 Å². The van der Waals surface area contributed by atoms with Crippen molar-refractivity contribution in [2.75, 3.05) is 25.9 Å². The zero-order chi connectivity index (χ0) is 14.9. The number of nitro benzene ring substituents is 1. The molecule has 2 rings (SSSR count). The molecule has 0 bridgehead atoms. The first kappa shape index (κ1) is 14.7. The van der Waals surface area contributed by atoms with Gasteiger partial charge in [-0.3, -0.25) is 19.9 Å². The van der Waals surface area contributed by atoms with Gasteiger partial charge in [-0.2, -0.15) is 0 Å². The predicted octanol–water partition coefficient (Wildman–Crippen LogP) is 1.70. The first-order chi connectivity index (χ1) is 9.38. The van der Waals surface area contributed by atoms with Crippen LogP contribution in [0.2, 0.25) is 0 Å². The summed E-state index contributed by atoms with van der Waals surface area (Å²) < 4.78 is 0. The molecule has 1 fully saturated rings. The van der Waals surface area contributed by atoms with Crippen molar-refractivity contribution in [3.8, 4) is 0 Å². The summed E-state index contributed by atoms with van der Waals surface area (Å²) in [5.74, 6) is 0. The number of piperazine rings is 1. The third-order valence-electron chi connectivity index (χ3n) is 4.13. The molecule has 110 valence electrons. The smallest absolute Gasteiger partial charge is 0.292 e. The zero-order valence-electron chi connectivity index (χ0n) is 12.2. The van der Waals surface area contributed by atoms with E-state index in [1.54, 1.807) is 12.1 Å². The summed E-state index contributed by atoms with van der Waals surface area (Å²) in [6.45, 7) is 7.21. The van der Waals surface area contributed by atoms with Gasteiger partial charge in [0.25, 0.3) is 5.69 Å². The monoisotopic (exact) mass is 278 g/mol. The average Bonchev–Trinajstić information content (AvgIpc) is 2.35. The second kappa shape index (κ2) is 5.76. The third-order valence-corrected chi connectivity index (χ3v) is 4.13. The molecule has 2 atom stereocenters. The highest BCUT2D eigenvalue weighted by molar-refractivity contribution is 5.59. The van der Waals surface area contributed by atoms with Crippen LogP contribution in [0.1, 0.15) is 19.4 Å². The Morgan fingerprint density at radius 2 is 1.95 bits per heavy atom. The molecule has 2 unspecified atom stereocenters. The second-order valence-electron chi connectivity index (χ2n) is 5.71. The Balaban J connectivity index is 2.07. The van der Waals surface area contributed by atoms with Crippen LogP contribution >= 0.6 is 0 Å². The molecule has 0 saturated carbocycles. The maximum Gasteiger partial charge on any atom is 0.292 e. The minimum absolute atomic E-state index is 0.0196.